The lowest BCUT2D eigenvalue weighted by Gasteiger charge is -2.21. The monoisotopic (exact) mass is 251 g/mol. The van der Waals surface area contributed by atoms with Crippen molar-refractivity contribution >= 4 is 6.09 Å². The first kappa shape index (κ1) is 11.4. The first-order valence-electron chi connectivity index (χ1n) is 6.37. The summed E-state index contributed by atoms with van der Waals surface area (Å²) in [6.45, 7) is 0. The molecule has 0 spiro atoms. The van der Waals surface area contributed by atoms with E-state index in [1.54, 1.807) is 7.05 Å². The Labute approximate surface area is 104 Å². The van der Waals surface area contributed by atoms with Crippen LogP contribution in [0.5, 0.6) is 0 Å². The standard InChI is InChI=1S/C12H17N3O3/c1-15-11(16)9-6-7(2-5-10(9)14-15)13-12(17)18-8-3-4-8/h7-8,14H,2-6H2,1H3,(H,13,17). The molecule has 6 nitrogen and oxygen atoms in total. The van der Waals surface area contributed by atoms with Crippen LogP contribution in [0.25, 0.3) is 0 Å². The Morgan fingerprint density at radius 3 is 2.94 bits per heavy atom. The molecular weight excluding hydrogens is 234 g/mol. The number of fused-ring (bicyclic) bond motifs is 1. The fraction of sp³-hybridized carbons (Fsp3) is 0.667. The number of aryl methyl sites for hydroxylation is 2. The SMILES string of the molecule is Cn1[nH]c2c(c1=O)CC(NC(=O)OC1CC1)CC2. The van der Waals surface area contributed by atoms with Crippen LogP contribution in [0, 0.1) is 0 Å². The van der Waals surface area contributed by atoms with Crippen LogP contribution in [0.3, 0.4) is 0 Å². The summed E-state index contributed by atoms with van der Waals surface area (Å²) in [6.07, 6.45) is 3.93. The van der Waals surface area contributed by atoms with Crippen LogP contribution in [0.15, 0.2) is 4.79 Å². The zero-order chi connectivity index (χ0) is 12.7. The molecule has 1 unspecified atom stereocenters. The number of H-pyrrole nitrogens is 1. The van der Waals surface area contributed by atoms with Crippen molar-refractivity contribution in [2.75, 3.05) is 0 Å². The second kappa shape index (κ2) is 4.19. The zero-order valence-electron chi connectivity index (χ0n) is 10.4. The molecule has 2 aliphatic carbocycles. The average molecular weight is 251 g/mol. The second-order valence-corrected chi connectivity index (χ2v) is 5.12. The molecule has 1 aromatic rings. The van der Waals surface area contributed by atoms with Gasteiger partial charge in [0.2, 0.25) is 0 Å². The highest BCUT2D eigenvalue weighted by Gasteiger charge is 2.29. The van der Waals surface area contributed by atoms with E-state index in [2.05, 4.69) is 10.4 Å². The zero-order valence-corrected chi connectivity index (χ0v) is 10.4. The van der Waals surface area contributed by atoms with Gasteiger partial charge in [0.1, 0.15) is 6.10 Å². The van der Waals surface area contributed by atoms with Crippen LogP contribution >= 0.6 is 0 Å². The smallest absolute Gasteiger partial charge is 0.407 e. The molecule has 0 aromatic carbocycles. The lowest BCUT2D eigenvalue weighted by Crippen LogP contribution is -2.40. The van der Waals surface area contributed by atoms with Gasteiger partial charge in [-0.25, -0.2) is 4.79 Å². The first-order valence-corrected chi connectivity index (χ1v) is 6.37. The van der Waals surface area contributed by atoms with Gasteiger partial charge in [-0.3, -0.25) is 14.6 Å². The Kier molecular flexibility index (Phi) is 2.65. The molecule has 18 heavy (non-hydrogen) atoms. The molecule has 1 fully saturated rings. The molecule has 1 saturated carbocycles. The van der Waals surface area contributed by atoms with Crippen molar-refractivity contribution in [3.63, 3.8) is 0 Å². The van der Waals surface area contributed by atoms with Crippen LogP contribution in [0.2, 0.25) is 0 Å². The van der Waals surface area contributed by atoms with Gasteiger partial charge in [0, 0.05) is 30.8 Å². The Balaban J connectivity index is 1.64. The molecule has 1 heterocycles. The minimum atomic E-state index is -0.349. The number of alkyl carbamates (subject to hydrolysis) is 1. The van der Waals surface area contributed by atoms with E-state index in [9.17, 15) is 9.59 Å². The topological polar surface area (TPSA) is 76.1 Å². The third-order valence-corrected chi connectivity index (χ3v) is 3.54. The quantitative estimate of drug-likeness (QED) is 0.801. The molecule has 1 aromatic heterocycles. The summed E-state index contributed by atoms with van der Waals surface area (Å²) in [5, 5.41) is 5.89. The number of ether oxygens (including phenoxy) is 1. The van der Waals surface area contributed by atoms with Crippen molar-refractivity contribution in [1.82, 2.24) is 15.1 Å². The van der Waals surface area contributed by atoms with Crippen LogP contribution in [0.1, 0.15) is 30.5 Å². The third kappa shape index (κ3) is 2.14. The lowest BCUT2D eigenvalue weighted by atomic mass is 9.93. The van der Waals surface area contributed by atoms with E-state index in [1.807, 2.05) is 0 Å². The fourth-order valence-electron chi connectivity index (χ4n) is 2.40. The van der Waals surface area contributed by atoms with Crippen LogP contribution in [0.4, 0.5) is 4.79 Å². The molecule has 1 atom stereocenters. The molecule has 6 heteroatoms. The van der Waals surface area contributed by atoms with Gasteiger partial charge < -0.3 is 10.1 Å². The van der Waals surface area contributed by atoms with E-state index < -0.39 is 0 Å². The highest BCUT2D eigenvalue weighted by molar-refractivity contribution is 5.68. The van der Waals surface area contributed by atoms with E-state index in [0.29, 0.717) is 6.42 Å². The van der Waals surface area contributed by atoms with Crippen LogP contribution < -0.4 is 10.9 Å². The number of nitrogens with zero attached hydrogens (tertiary/aromatic N) is 1. The molecule has 0 radical (unpaired) electrons. The number of carbonyl (C=O) groups is 1. The number of nitrogens with one attached hydrogen (secondary N) is 2. The minimum absolute atomic E-state index is 0.00654. The largest absolute Gasteiger partial charge is 0.446 e. The van der Waals surface area contributed by atoms with Gasteiger partial charge in [0.05, 0.1) is 0 Å². The van der Waals surface area contributed by atoms with E-state index in [-0.39, 0.29) is 23.8 Å². The maximum Gasteiger partial charge on any atom is 0.407 e. The molecule has 1 amide bonds. The van der Waals surface area contributed by atoms with E-state index in [0.717, 1.165) is 36.9 Å². The molecule has 98 valence electrons. The Morgan fingerprint density at radius 1 is 1.44 bits per heavy atom. The van der Waals surface area contributed by atoms with Gasteiger partial charge in [-0.15, -0.1) is 0 Å². The molecule has 0 bridgehead atoms. The summed E-state index contributed by atoms with van der Waals surface area (Å²) in [4.78, 5) is 23.4. The Bertz CT molecular complexity index is 527. The summed E-state index contributed by atoms with van der Waals surface area (Å²) < 4.78 is 6.64. The summed E-state index contributed by atoms with van der Waals surface area (Å²) >= 11 is 0. The number of rotatable bonds is 2. The van der Waals surface area contributed by atoms with Crippen molar-refractivity contribution in [2.24, 2.45) is 7.05 Å². The van der Waals surface area contributed by atoms with Crippen molar-refractivity contribution < 1.29 is 9.53 Å². The highest BCUT2D eigenvalue weighted by atomic mass is 16.6. The second-order valence-electron chi connectivity index (χ2n) is 5.12. The van der Waals surface area contributed by atoms with Gasteiger partial charge in [-0.1, -0.05) is 0 Å². The summed E-state index contributed by atoms with van der Waals surface area (Å²) in [7, 11) is 1.71. The minimum Gasteiger partial charge on any atom is -0.446 e. The van der Waals surface area contributed by atoms with Gasteiger partial charge in [-0.2, -0.15) is 0 Å². The van der Waals surface area contributed by atoms with Gasteiger partial charge >= 0.3 is 6.09 Å². The van der Waals surface area contributed by atoms with Gasteiger partial charge in [0.15, 0.2) is 0 Å². The molecule has 0 saturated heterocycles. The molecule has 2 N–H and O–H groups in total. The van der Waals surface area contributed by atoms with Crippen molar-refractivity contribution in [2.45, 2.75) is 44.2 Å². The van der Waals surface area contributed by atoms with Gasteiger partial charge in [-0.05, 0) is 25.7 Å². The number of aromatic amines is 1. The lowest BCUT2D eigenvalue weighted by molar-refractivity contribution is 0.134. The number of carbonyl (C=O) groups excluding carboxylic acids is 1. The van der Waals surface area contributed by atoms with Crippen LogP contribution in [-0.2, 0) is 24.6 Å². The maximum atomic E-state index is 11.8. The Hall–Kier alpha value is -1.72. The van der Waals surface area contributed by atoms with Crippen molar-refractivity contribution in [3.05, 3.63) is 21.6 Å². The van der Waals surface area contributed by atoms with E-state index >= 15 is 0 Å². The normalized spacial score (nSPS) is 22.4. The predicted octanol–water partition coefficient (Wildman–Crippen LogP) is 0.459. The molecule has 2 aliphatic rings. The summed E-state index contributed by atoms with van der Waals surface area (Å²) in [6, 6.07) is 0.00671. The fourth-order valence-corrected chi connectivity index (χ4v) is 2.40. The maximum absolute atomic E-state index is 11.8. The summed E-state index contributed by atoms with van der Waals surface area (Å²) in [5.41, 5.74) is 1.80. The number of hydrogen-bond acceptors (Lipinski definition) is 3. The summed E-state index contributed by atoms with van der Waals surface area (Å²) in [5.74, 6) is 0. The number of aromatic nitrogens is 2. The highest BCUT2D eigenvalue weighted by Crippen LogP contribution is 2.24. The van der Waals surface area contributed by atoms with Crippen molar-refractivity contribution in [3.8, 4) is 0 Å². The van der Waals surface area contributed by atoms with E-state index in [1.165, 1.54) is 4.68 Å². The third-order valence-electron chi connectivity index (χ3n) is 3.54. The van der Waals surface area contributed by atoms with Crippen molar-refractivity contribution in [1.29, 1.82) is 0 Å². The van der Waals surface area contributed by atoms with Crippen LogP contribution in [-0.4, -0.2) is 28.0 Å². The van der Waals surface area contributed by atoms with E-state index in [4.69, 9.17) is 4.74 Å². The molecule has 0 aliphatic heterocycles. The molecule has 3 rings (SSSR count). The van der Waals surface area contributed by atoms with Gasteiger partial charge in [0.25, 0.3) is 5.56 Å². The number of amides is 1. The average Bonchev–Trinajstić information content (AvgIpc) is 3.09. The Morgan fingerprint density at radius 2 is 2.22 bits per heavy atom. The molecular formula is C12H17N3O3. The predicted molar refractivity (Wildman–Crippen MR) is 64.5 cm³/mol. The first-order chi connectivity index (χ1) is 8.63. The number of hydrogen-bond donors (Lipinski definition) is 2.